The Labute approximate surface area is 132 Å². The predicted octanol–water partition coefficient (Wildman–Crippen LogP) is 0.352. The van der Waals surface area contributed by atoms with Gasteiger partial charge >= 0.3 is 0 Å². The summed E-state index contributed by atoms with van der Waals surface area (Å²) in [6.45, 7) is -0.0678. The van der Waals surface area contributed by atoms with Gasteiger partial charge in [-0.05, 0) is 24.6 Å². The Kier molecular flexibility index (Phi) is 3.87. The molecule has 0 spiro atoms. The summed E-state index contributed by atoms with van der Waals surface area (Å²) in [4.78, 5) is 24.6. The molecule has 1 fully saturated rings. The Bertz CT molecular complexity index is 747. The predicted molar refractivity (Wildman–Crippen MR) is 81.5 cm³/mol. The van der Waals surface area contributed by atoms with Crippen molar-refractivity contribution in [3.8, 4) is 5.75 Å². The maximum atomic E-state index is 12.4. The molecule has 7 nitrogen and oxygen atoms in total. The van der Waals surface area contributed by atoms with E-state index in [9.17, 15) is 18.0 Å². The summed E-state index contributed by atoms with van der Waals surface area (Å²) in [6.07, 6.45) is 0.481. The number of nitrogens with zero attached hydrogens (tertiary/aromatic N) is 1. The zero-order valence-electron chi connectivity index (χ0n) is 11.7. The molecule has 1 aromatic rings. The number of benzene rings is 1. The lowest BCUT2D eigenvalue weighted by Gasteiger charge is -2.26. The van der Waals surface area contributed by atoms with Gasteiger partial charge in [0.15, 0.2) is 6.61 Å². The molecule has 9 heteroatoms. The molecule has 0 unspecified atom stereocenters. The number of hydrogen-bond donors (Lipinski definition) is 1. The molecule has 1 atom stereocenters. The minimum atomic E-state index is -3.83. The van der Waals surface area contributed by atoms with Crippen LogP contribution in [0.3, 0.4) is 0 Å². The van der Waals surface area contributed by atoms with Crippen LogP contribution < -0.4 is 14.4 Å². The zero-order chi connectivity index (χ0) is 15.9. The van der Waals surface area contributed by atoms with Crippen molar-refractivity contribution in [1.82, 2.24) is 4.72 Å². The number of hydrogen-bond acceptors (Lipinski definition) is 6. The number of ether oxygens (including phenoxy) is 1. The maximum absolute atomic E-state index is 12.4. The smallest absolute Gasteiger partial charge is 0.264 e. The van der Waals surface area contributed by atoms with Gasteiger partial charge < -0.3 is 9.64 Å². The molecule has 0 aromatic heterocycles. The van der Waals surface area contributed by atoms with E-state index in [4.69, 9.17) is 4.74 Å². The van der Waals surface area contributed by atoms with Crippen molar-refractivity contribution >= 4 is 38.5 Å². The van der Waals surface area contributed by atoms with E-state index in [0.29, 0.717) is 23.6 Å². The Hall–Kier alpha value is -1.58. The Morgan fingerprint density at radius 2 is 2.14 bits per heavy atom. The van der Waals surface area contributed by atoms with Crippen LogP contribution >= 0.6 is 11.8 Å². The van der Waals surface area contributed by atoms with Crippen LogP contribution in [0.5, 0.6) is 5.75 Å². The van der Waals surface area contributed by atoms with Gasteiger partial charge in [0, 0.05) is 12.8 Å². The minimum absolute atomic E-state index is 0.00102. The van der Waals surface area contributed by atoms with Crippen LogP contribution in [0.1, 0.15) is 6.42 Å². The van der Waals surface area contributed by atoms with Gasteiger partial charge in [-0.3, -0.25) is 9.59 Å². The summed E-state index contributed by atoms with van der Waals surface area (Å²) < 4.78 is 32.5. The highest BCUT2D eigenvalue weighted by atomic mass is 32.2. The van der Waals surface area contributed by atoms with Gasteiger partial charge in [0.1, 0.15) is 5.75 Å². The molecule has 2 aliphatic heterocycles. The standard InChI is InChI=1S/C13H14N2O5S2/c1-15-10-6-8(2-3-11(10)20-7-12(15)16)22(18,19)14-9-4-5-21-13(9)17/h2-3,6,9,14H,4-5,7H2,1H3/t9-/m1/s1. The highest BCUT2D eigenvalue weighted by Crippen LogP contribution is 2.33. The van der Waals surface area contributed by atoms with Gasteiger partial charge in [-0.2, -0.15) is 4.72 Å². The van der Waals surface area contributed by atoms with Crippen molar-refractivity contribution < 1.29 is 22.7 Å². The first-order valence-electron chi connectivity index (χ1n) is 6.61. The lowest BCUT2D eigenvalue weighted by atomic mass is 10.2. The molecule has 1 amide bonds. The fourth-order valence-corrected chi connectivity index (χ4v) is 4.53. The van der Waals surface area contributed by atoms with Crippen molar-refractivity contribution in [2.75, 3.05) is 24.3 Å². The molecule has 0 radical (unpaired) electrons. The molecule has 22 heavy (non-hydrogen) atoms. The highest BCUT2D eigenvalue weighted by molar-refractivity contribution is 8.14. The molecule has 118 valence electrons. The molecule has 1 saturated heterocycles. The SMILES string of the molecule is CN1C(=O)COc2ccc(S(=O)(=O)N[C@@H]3CCSC3=O)cc21. The Morgan fingerprint density at radius 1 is 1.36 bits per heavy atom. The average molecular weight is 342 g/mol. The number of sulfonamides is 1. The van der Waals surface area contributed by atoms with E-state index < -0.39 is 16.1 Å². The van der Waals surface area contributed by atoms with Crippen LogP contribution in [0.25, 0.3) is 0 Å². The lowest BCUT2D eigenvalue weighted by molar-refractivity contribution is -0.121. The molecule has 3 rings (SSSR count). The normalized spacial score (nSPS) is 21.7. The summed E-state index contributed by atoms with van der Waals surface area (Å²) in [5.41, 5.74) is 0.395. The number of rotatable bonds is 3. The van der Waals surface area contributed by atoms with Crippen molar-refractivity contribution in [3.63, 3.8) is 0 Å². The highest BCUT2D eigenvalue weighted by Gasteiger charge is 2.31. The van der Waals surface area contributed by atoms with Gasteiger partial charge in [0.2, 0.25) is 15.1 Å². The van der Waals surface area contributed by atoms with Crippen LogP contribution in [-0.2, 0) is 19.6 Å². The fraction of sp³-hybridized carbons (Fsp3) is 0.385. The Balaban J connectivity index is 1.91. The molecule has 2 heterocycles. The molecule has 1 N–H and O–H groups in total. The average Bonchev–Trinajstić information content (AvgIpc) is 2.87. The van der Waals surface area contributed by atoms with Crippen LogP contribution in [0.4, 0.5) is 5.69 Å². The summed E-state index contributed by atoms with van der Waals surface area (Å²) in [7, 11) is -2.27. The topological polar surface area (TPSA) is 92.8 Å². The van der Waals surface area contributed by atoms with Crippen molar-refractivity contribution in [3.05, 3.63) is 18.2 Å². The zero-order valence-corrected chi connectivity index (χ0v) is 13.4. The maximum Gasteiger partial charge on any atom is 0.264 e. The van der Waals surface area contributed by atoms with E-state index in [1.807, 2.05) is 0 Å². The van der Waals surface area contributed by atoms with Gasteiger partial charge in [0.05, 0.1) is 16.6 Å². The van der Waals surface area contributed by atoms with Crippen molar-refractivity contribution in [1.29, 1.82) is 0 Å². The number of anilines is 1. The second-order valence-corrected chi connectivity index (χ2v) is 7.81. The molecular weight excluding hydrogens is 328 g/mol. The van der Waals surface area contributed by atoms with E-state index in [-0.39, 0.29) is 22.5 Å². The van der Waals surface area contributed by atoms with E-state index >= 15 is 0 Å². The van der Waals surface area contributed by atoms with Crippen LogP contribution in [0.2, 0.25) is 0 Å². The molecule has 1 aromatic carbocycles. The number of likely N-dealkylation sites (N-methyl/N-ethyl adjacent to an activating group) is 1. The van der Waals surface area contributed by atoms with Crippen LogP contribution in [0.15, 0.2) is 23.1 Å². The number of carbonyl (C=O) groups is 2. The number of nitrogens with one attached hydrogen (secondary N) is 1. The second-order valence-electron chi connectivity index (χ2n) is 5.00. The van der Waals surface area contributed by atoms with E-state index in [1.165, 1.54) is 23.1 Å². The summed E-state index contributed by atoms with van der Waals surface area (Å²) in [6, 6.07) is 3.60. The monoisotopic (exact) mass is 342 g/mol. The molecule has 2 aliphatic rings. The summed E-state index contributed by atoms with van der Waals surface area (Å²) in [5.74, 6) is 0.812. The van der Waals surface area contributed by atoms with Crippen LogP contribution in [-0.4, -0.2) is 44.9 Å². The molecular formula is C13H14N2O5S2. The summed E-state index contributed by atoms with van der Waals surface area (Å²) >= 11 is 1.13. The quantitative estimate of drug-likeness (QED) is 0.852. The third-order valence-corrected chi connectivity index (χ3v) is 6.04. The third kappa shape index (κ3) is 2.71. The van der Waals surface area contributed by atoms with Gasteiger partial charge in [-0.15, -0.1) is 0 Å². The van der Waals surface area contributed by atoms with Gasteiger partial charge in [-0.25, -0.2) is 8.42 Å². The van der Waals surface area contributed by atoms with E-state index in [2.05, 4.69) is 4.72 Å². The molecule has 0 bridgehead atoms. The number of thioether (sulfide) groups is 1. The fourth-order valence-electron chi connectivity index (χ4n) is 2.28. The third-order valence-electron chi connectivity index (χ3n) is 3.56. The minimum Gasteiger partial charge on any atom is -0.482 e. The van der Waals surface area contributed by atoms with Crippen LogP contribution in [0, 0.1) is 0 Å². The van der Waals surface area contributed by atoms with Crippen molar-refractivity contribution in [2.45, 2.75) is 17.4 Å². The number of carbonyl (C=O) groups excluding carboxylic acids is 2. The second kappa shape index (κ2) is 5.56. The number of fused-ring (bicyclic) bond motifs is 1. The largest absolute Gasteiger partial charge is 0.482 e. The van der Waals surface area contributed by atoms with E-state index in [1.54, 1.807) is 7.05 Å². The van der Waals surface area contributed by atoms with E-state index in [0.717, 1.165) is 11.8 Å². The first-order valence-corrected chi connectivity index (χ1v) is 9.08. The number of amides is 1. The first-order chi connectivity index (χ1) is 10.4. The van der Waals surface area contributed by atoms with Crippen molar-refractivity contribution in [2.24, 2.45) is 0 Å². The van der Waals surface area contributed by atoms with Gasteiger partial charge in [-0.1, -0.05) is 11.8 Å². The molecule has 0 aliphatic carbocycles. The molecule has 0 saturated carbocycles. The Morgan fingerprint density at radius 3 is 2.82 bits per heavy atom. The summed E-state index contributed by atoms with van der Waals surface area (Å²) in [5, 5.41) is -0.169. The first kappa shape index (κ1) is 15.3. The van der Waals surface area contributed by atoms with Gasteiger partial charge in [0.25, 0.3) is 5.91 Å². The lowest BCUT2D eigenvalue weighted by Crippen LogP contribution is -2.38.